The molecule has 0 spiro atoms. The first kappa shape index (κ1) is 16.2. The first-order valence-electron chi connectivity index (χ1n) is 7.62. The summed E-state index contributed by atoms with van der Waals surface area (Å²) in [6.45, 7) is 6.95. The molecule has 1 aromatic carbocycles. The second-order valence-electron chi connectivity index (χ2n) is 6.29. The Morgan fingerprint density at radius 2 is 1.77 bits per heavy atom. The molecule has 2 aliphatic heterocycles. The number of hydrogen-bond acceptors (Lipinski definition) is 3. The van der Waals surface area contributed by atoms with E-state index in [1.54, 1.807) is 11.0 Å². The van der Waals surface area contributed by atoms with E-state index in [2.05, 4.69) is 26.1 Å². The van der Waals surface area contributed by atoms with Gasteiger partial charge < -0.3 is 4.90 Å². The van der Waals surface area contributed by atoms with E-state index in [0.29, 0.717) is 18.5 Å². The Labute approximate surface area is 130 Å². The highest BCUT2D eigenvalue weighted by Gasteiger charge is 2.38. The Kier molecular flexibility index (Phi) is 4.96. The molecule has 0 aliphatic carbocycles. The maximum Gasteiger partial charge on any atom is 0.255 e. The first-order chi connectivity index (χ1) is 10.4. The molecule has 1 unspecified atom stereocenters. The molecule has 5 nitrogen and oxygen atoms in total. The monoisotopic (exact) mass is 302 g/mol. The molecular weight excluding hydrogens is 280 g/mol. The molecule has 0 aromatic heterocycles. The van der Waals surface area contributed by atoms with Gasteiger partial charge in [-0.2, -0.15) is 0 Å². The fourth-order valence-corrected chi connectivity index (χ4v) is 2.51. The Bertz CT molecular complexity index is 593. The maximum atomic E-state index is 12.2. The lowest BCUT2D eigenvalue weighted by atomic mass is 10.0. The summed E-state index contributed by atoms with van der Waals surface area (Å²) in [5, 5.41) is 2.28. The minimum Gasteiger partial charge on any atom is -0.322 e. The SMILES string of the molecule is CC(C)C.O=C1CCC(N2Cc3ccccc3C2=O)C(=O)N1. The fourth-order valence-electron chi connectivity index (χ4n) is 2.51. The summed E-state index contributed by atoms with van der Waals surface area (Å²) in [5.74, 6) is 0.0768. The minimum absolute atomic E-state index is 0.125. The predicted octanol–water partition coefficient (Wildman–Crippen LogP) is 2.11. The van der Waals surface area contributed by atoms with E-state index in [9.17, 15) is 14.4 Å². The van der Waals surface area contributed by atoms with E-state index < -0.39 is 6.04 Å². The van der Waals surface area contributed by atoms with Crippen molar-refractivity contribution in [2.45, 2.75) is 46.2 Å². The molecule has 2 aliphatic rings. The molecule has 1 fully saturated rings. The number of carbonyl (C=O) groups excluding carboxylic acids is 3. The molecule has 22 heavy (non-hydrogen) atoms. The van der Waals surface area contributed by atoms with Gasteiger partial charge in [0.1, 0.15) is 6.04 Å². The van der Waals surface area contributed by atoms with E-state index in [4.69, 9.17) is 0 Å². The molecule has 3 rings (SSSR count). The lowest BCUT2D eigenvalue weighted by Crippen LogP contribution is -2.52. The largest absolute Gasteiger partial charge is 0.322 e. The van der Waals surface area contributed by atoms with Crippen molar-refractivity contribution >= 4 is 17.7 Å². The first-order valence-corrected chi connectivity index (χ1v) is 7.62. The smallest absolute Gasteiger partial charge is 0.255 e. The molecule has 1 aromatic rings. The van der Waals surface area contributed by atoms with Crippen molar-refractivity contribution in [2.75, 3.05) is 0 Å². The topological polar surface area (TPSA) is 66.5 Å². The number of amides is 3. The number of nitrogens with zero attached hydrogens (tertiary/aromatic N) is 1. The zero-order chi connectivity index (χ0) is 16.3. The molecule has 1 N–H and O–H groups in total. The second-order valence-corrected chi connectivity index (χ2v) is 6.29. The number of rotatable bonds is 1. The van der Waals surface area contributed by atoms with Crippen molar-refractivity contribution in [2.24, 2.45) is 5.92 Å². The van der Waals surface area contributed by atoms with Crippen molar-refractivity contribution in [3.8, 4) is 0 Å². The second kappa shape index (κ2) is 6.73. The summed E-state index contributed by atoms with van der Waals surface area (Å²) in [6, 6.07) is 6.82. The van der Waals surface area contributed by atoms with Gasteiger partial charge in [-0.3, -0.25) is 19.7 Å². The van der Waals surface area contributed by atoms with E-state index in [-0.39, 0.29) is 24.1 Å². The molecule has 5 heteroatoms. The summed E-state index contributed by atoms with van der Waals surface area (Å²) in [4.78, 5) is 36.6. The highest BCUT2D eigenvalue weighted by Crippen LogP contribution is 2.26. The lowest BCUT2D eigenvalue weighted by Gasteiger charge is -2.29. The number of imide groups is 1. The number of fused-ring (bicyclic) bond motifs is 1. The van der Waals surface area contributed by atoms with E-state index in [1.165, 1.54) is 0 Å². The Balaban J connectivity index is 0.000000396. The normalized spacial score (nSPS) is 20.5. The molecule has 1 atom stereocenters. The van der Waals surface area contributed by atoms with Crippen LogP contribution in [-0.4, -0.2) is 28.7 Å². The van der Waals surface area contributed by atoms with Gasteiger partial charge >= 0.3 is 0 Å². The minimum atomic E-state index is -0.525. The van der Waals surface area contributed by atoms with Crippen LogP contribution in [-0.2, 0) is 16.1 Å². The van der Waals surface area contributed by atoms with Crippen LogP contribution in [0.25, 0.3) is 0 Å². The molecule has 0 radical (unpaired) electrons. The van der Waals surface area contributed by atoms with Crippen LogP contribution < -0.4 is 5.32 Å². The summed E-state index contributed by atoms with van der Waals surface area (Å²) in [7, 11) is 0. The average molecular weight is 302 g/mol. The zero-order valence-electron chi connectivity index (χ0n) is 13.3. The number of benzene rings is 1. The third kappa shape index (κ3) is 3.53. The number of carbonyl (C=O) groups is 3. The van der Waals surface area contributed by atoms with Crippen LogP contribution in [0.3, 0.4) is 0 Å². The van der Waals surface area contributed by atoms with Crippen molar-refractivity contribution in [3.63, 3.8) is 0 Å². The predicted molar refractivity (Wildman–Crippen MR) is 83.0 cm³/mol. The van der Waals surface area contributed by atoms with Gasteiger partial charge in [-0.15, -0.1) is 0 Å². The Morgan fingerprint density at radius 3 is 2.36 bits per heavy atom. The van der Waals surface area contributed by atoms with Gasteiger partial charge in [0.2, 0.25) is 11.8 Å². The summed E-state index contributed by atoms with van der Waals surface area (Å²) in [6.07, 6.45) is 0.695. The Morgan fingerprint density at radius 1 is 1.14 bits per heavy atom. The fraction of sp³-hybridized carbons (Fsp3) is 0.471. The van der Waals surface area contributed by atoms with Gasteiger partial charge in [-0.25, -0.2) is 0 Å². The third-order valence-corrected chi connectivity index (χ3v) is 3.44. The van der Waals surface area contributed by atoms with Crippen molar-refractivity contribution in [3.05, 3.63) is 35.4 Å². The van der Waals surface area contributed by atoms with Crippen LogP contribution in [0.5, 0.6) is 0 Å². The van der Waals surface area contributed by atoms with E-state index in [0.717, 1.165) is 11.5 Å². The molecule has 1 saturated heterocycles. The number of hydrogen-bond donors (Lipinski definition) is 1. The van der Waals surface area contributed by atoms with Gasteiger partial charge in [-0.1, -0.05) is 39.0 Å². The van der Waals surface area contributed by atoms with Gasteiger partial charge in [0.15, 0.2) is 0 Å². The molecule has 118 valence electrons. The highest BCUT2D eigenvalue weighted by atomic mass is 16.2. The zero-order valence-corrected chi connectivity index (χ0v) is 13.3. The lowest BCUT2D eigenvalue weighted by molar-refractivity contribution is -0.136. The van der Waals surface area contributed by atoms with Crippen LogP contribution >= 0.6 is 0 Å². The third-order valence-electron chi connectivity index (χ3n) is 3.44. The van der Waals surface area contributed by atoms with Gasteiger partial charge in [0.05, 0.1) is 0 Å². The van der Waals surface area contributed by atoms with Gasteiger partial charge in [0, 0.05) is 18.5 Å². The number of piperidine rings is 1. The van der Waals surface area contributed by atoms with Crippen LogP contribution in [0.1, 0.15) is 49.5 Å². The average Bonchev–Trinajstić information content (AvgIpc) is 2.76. The van der Waals surface area contributed by atoms with Crippen LogP contribution in [0.15, 0.2) is 24.3 Å². The van der Waals surface area contributed by atoms with Crippen molar-refractivity contribution < 1.29 is 14.4 Å². The van der Waals surface area contributed by atoms with Crippen LogP contribution in [0.2, 0.25) is 0 Å². The van der Waals surface area contributed by atoms with E-state index in [1.807, 2.05) is 18.2 Å². The molecule has 2 heterocycles. The molecular formula is C17H22N2O3. The van der Waals surface area contributed by atoms with Crippen LogP contribution in [0, 0.1) is 5.92 Å². The summed E-state index contributed by atoms with van der Waals surface area (Å²) < 4.78 is 0. The quantitative estimate of drug-likeness (QED) is 0.808. The standard InChI is InChI=1S/C13H12N2O3.C4H10/c16-11-6-5-10(12(17)14-11)15-7-8-3-1-2-4-9(8)13(15)18;1-4(2)3/h1-4,10H,5-7H2,(H,14,16,17);4H,1-3H3. The molecule has 0 bridgehead atoms. The highest BCUT2D eigenvalue weighted by molar-refractivity contribution is 6.05. The van der Waals surface area contributed by atoms with Gasteiger partial charge in [0.25, 0.3) is 5.91 Å². The van der Waals surface area contributed by atoms with Crippen molar-refractivity contribution in [1.82, 2.24) is 10.2 Å². The molecule has 3 amide bonds. The van der Waals surface area contributed by atoms with Crippen molar-refractivity contribution in [1.29, 1.82) is 0 Å². The van der Waals surface area contributed by atoms with Crippen LogP contribution in [0.4, 0.5) is 0 Å². The molecule has 0 saturated carbocycles. The van der Waals surface area contributed by atoms with Gasteiger partial charge in [-0.05, 0) is 24.0 Å². The maximum absolute atomic E-state index is 12.2. The van der Waals surface area contributed by atoms with E-state index >= 15 is 0 Å². The number of nitrogens with one attached hydrogen (secondary N) is 1. The summed E-state index contributed by atoms with van der Waals surface area (Å²) in [5.41, 5.74) is 1.59. The summed E-state index contributed by atoms with van der Waals surface area (Å²) >= 11 is 0. The Hall–Kier alpha value is -2.17.